The van der Waals surface area contributed by atoms with Gasteiger partial charge in [-0.05, 0) is 0 Å². The van der Waals surface area contributed by atoms with Gasteiger partial charge in [-0.15, -0.1) is 0 Å². The first-order valence-corrected chi connectivity index (χ1v) is 12.5. The largest absolute Gasteiger partial charge is 0.422 e. The fraction of sp³-hybridized carbons (Fsp3) is 0.107. The maximum atomic E-state index is 14.9. The second kappa shape index (κ2) is 12.3. The second-order valence-electron chi connectivity index (χ2n) is 9.95. The zero-order valence-corrected chi connectivity index (χ0v) is 23.5. The Morgan fingerprint density at radius 1 is 0.365 bits per heavy atom. The number of rotatable bonds is 3. The number of nitrogens with two attached hydrogens (primary N) is 2. The SMILES string of the molecule is N#CC(=C1C(=C(N)c2c(F)c(F)c(C(F)(F)F)c(F)c2F)C1=C(N)c1c(F)c(F)c(C(F)(F)F)c(F)c1F)c1c(F)c(F)c(C(F)(F)F)c(F)c1F. The van der Waals surface area contributed by atoms with Crippen molar-refractivity contribution in [1.82, 2.24) is 0 Å². The molecule has 1 aliphatic rings. The molecule has 0 radical (unpaired) electrons. The van der Waals surface area contributed by atoms with Crippen molar-refractivity contribution < 1.29 is 92.2 Å². The first-order valence-electron chi connectivity index (χ1n) is 12.5. The molecule has 4 N–H and O–H groups in total. The summed E-state index contributed by atoms with van der Waals surface area (Å²) in [5.74, 6) is -38.5. The molecule has 0 atom stereocenters. The fourth-order valence-electron chi connectivity index (χ4n) is 4.80. The van der Waals surface area contributed by atoms with Crippen LogP contribution in [-0.2, 0) is 18.5 Å². The van der Waals surface area contributed by atoms with Gasteiger partial charge < -0.3 is 11.5 Å². The van der Waals surface area contributed by atoms with Crippen LogP contribution in [-0.4, -0.2) is 0 Å². The van der Waals surface area contributed by atoms with E-state index in [2.05, 4.69) is 0 Å². The molecule has 0 spiro atoms. The summed E-state index contributed by atoms with van der Waals surface area (Å²) < 4.78 is 294. The first kappa shape index (κ1) is 39.3. The van der Waals surface area contributed by atoms with Gasteiger partial charge in [0.25, 0.3) is 0 Å². The number of nitriles is 1. The van der Waals surface area contributed by atoms with Crippen LogP contribution in [0.3, 0.4) is 0 Å². The minimum Gasteiger partial charge on any atom is -0.398 e. The van der Waals surface area contributed by atoms with Crippen molar-refractivity contribution in [2.75, 3.05) is 0 Å². The smallest absolute Gasteiger partial charge is 0.398 e. The summed E-state index contributed by atoms with van der Waals surface area (Å²) in [6.45, 7) is 0. The summed E-state index contributed by atoms with van der Waals surface area (Å²) in [5.41, 5.74) is -18.4. The van der Waals surface area contributed by atoms with Gasteiger partial charge in [-0.2, -0.15) is 44.8 Å². The number of hydrogen-bond acceptors (Lipinski definition) is 3. The number of hydrogen-bond donors (Lipinski definition) is 2. The lowest BCUT2D eigenvalue weighted by molar-refractivity contribution is -0.144. The lowest BCUT2D eigenvalue weighted by atomic mass is 9.99. The van der Waals surface area contributed by atoms with Crippen LogP contribution in [0.15, 0.2) is 16.7 Å². The van der Waals surface area contributed by atoms with E-state index >= 15 is 0 Å². The van der Waals surface area contributed by atoms with Crippen LogP contribution < -0.4 is 11.5 Å². The van der Waals surface area contributed by atoms with Gasteiger partial charge in [0.2, 0.25) is 0 Å². The predicted octanol–water partition coefficient (Wildman–Crippen LogP) is 9.44. The first-order chi connectivity index (χ1) is 23.6. The topological polar surface area (TPSA) is 75.8 Å². The molecule has 0 aliphatic heterocycles. The monoisotopic (exact) mass is 781 g/mol. The van der Waals surface area contributed by atoms with Crippen LogP contribution >= 0.6 is 0 Å². The van der Waals surface area contributed by atoms with E-state index < -0.39 is 155 Å². The minimum atomic E-state index is -6.23. The molecule has 52 heavy (non-hydrogen) atoms. The molecule has 3 aromatic rings. The lowest BCUT2D eigenvalue weighted by Gasteiger charge is -2.14. The average Bonchev–Trinajstić information content (AvgIpc) is 3.73. The molecule has 4 rings (SSSR count). The van der Waals surface area contributed by atoms with Crippen LogP contribution in [0.2, 0.25) is 0 Å². The molecule has 0 amide bonds. The third-order valence-corrected chi connectivity index (χ3v) is 7.02. The van der Waals surface area contributed by atoms with Gasteiger partial charge in [0.05, 0.1) is 33.7 Å². The number of allylic oxidation sites excluding steroid dienone is 4. The van der Waals surface area contributed by atoms with Crippen molar-refractivity contribution in [2.45, 2.75) is 18.5 Å². The molecule has 1 aliphatic carbocycles. The average molecular weight is 781 g/mol. The Morgan fingerprint density at radius 3 is 0.769 bits per heavy atom. The Bertz CT molecular complexity index is 2050. The molecule has 0 bridgehead atoms. The van der Waals surface area contributed by atoms with Crippen LogP contribution in [0.5, 0.6) is 0 Å². The molecule has 3 nitrogen and oxygen atoms in total. The quantitative estimate of drug-likeness (QED) is 0.158. The van der Waals surface area contributed by atoms with Crippen molar-refractivity contribution in [3.05, 3.63) is 120 Å². The van der Waals surface area contributed by atoms with E-state index in [0.29, 0.717) is 6.07 Å². The molecule has 1 saturated carbocycles. The van der Waals surface area contributed by atoms with Gasteiger partial charge in [0, 0.05) is 16.7 Å². The highest BCUT2D eigenvalue weighted by molar-refractivity contribution is 6.08. The molecule has 0 unspecified atom stereocenters. The summed E-state index contributed by atoms with van der Waals surface area (Å²) in [7, 11) is 0. The fourth-order valence-corrected chi connectivity index (χ4v) is 4.80. The summed E-state index contributed by atoms with van der Waals surface area (Å²) in [4.78, 5) is 0. The Labute approximate surface area is 271 Å². The number of halogens is 21. The van der Waals surface area contributed by atoms with E-state index in [-0.39, 0.29) is 0 Å². The zero-order valence-electron chi connectivity index (χ0n) is 23.5. The van der Waals surface area contributed by atoms with Gasteiger partial charge in [0.1, 0.15) is 22.8 Å². The summed E-state index contributed by atoms with van der Waals surface area (Å²) >= 11 is 0. The van der Waals surface area contributed by atoms with Crippen LogP contribution in [0.1, 0.15) is 33.4 Å². The van der Waals surface area contributed by atoms with Crippen molar-refractivity contribution in [2.24, 2.45) is 11.5 Å². The Morgan fingerprint density at radius 2 is 0.577 bits per heavy atom. The van der Waals surface area contributed by atoms with E-state index in [1.807, 2.05) is 0 Å². The standard InChI is InChI=1S/C28H4F21N3/c29-12-4(13(30)19(36)9(18(12)35)26(41,42)43)2(1-50)3-5(24(51)7-14(31)20(37)10(27(44,45)46)21(38)15(7)32)6(3)25(52)8-16(33)22(39)11(28(47,48)49)23(40)17(8)34/h51-52H2. The van der Waals surface area contributed by atoms with Crippen molar-refractivity contribution in [1.29, 1.82) is 5.26 Å². The highest BCUT2D eigenvalue weighted by atomic mass is 19.4. The Hall–Kier alpha value is -5.50. The number of benzene rings is 3. The molecule has 24 heteroatoms. The van der Waals surface area contributed by atoms with Gasteiger partial charge >= 0.3 is 18.5 Å². The van der Waals surface area contributed by atoms with Gasteiger partial charge in [-0.1, -0.05) is 0 Å². The number of alkyl halides is 9. The summed E-state index contributed by atoms with van der Waals surface area (Å²) in [5, 5.41) is 9.62. The van der Waals surface area contributed by atoms with Crippen molar-refractivity contribution >= 4 is 17.0 Å². The van der Waals surface area contributed by atoms with Gasteiger partial charge in [-0.3, -0.25) is 0 Å². The molecule has 0 heterocycles. The summed E-state index contributed by atoms with van der Waals surface area (Å²) in [6, 6.07) is 0.646. The van der Waals surface area contributed by atoms with Crippen LogP contribution in [0.4, 0.5) is 92.2 Å². The maximum absolute atomic E-state index is 14.9. The molecular weight excluding hydrogens is 777 g/mol. The Balaban J connectivity index is 2.29. The molecule has 0 saturated heterocycles. The third kappa shape index (κ3) is 5.80. The van der Waals surface area contributed by atoms with Crippen molar-refractivity contribution in [3.63, 3.8) is 0 Å². The van der Waals surface area contributed by atoms with Gasteiger partial charge in [0.15, 0.2) is 69.8 Å². The molecule has 0 aromatic heterocycles. The minimum absolute atomic E-state index is 0.646. The molecule has 278 valence electrons. The zero-order chi connectivity index (χ0) is 40.1. The maximum Gasteiger partial charge on any atom is 0.422 e. The van der Waals surface area contributed by atoms with Crippen LogP contribution in [0, 0.1) is 81.1 Å². The van der Waals surface area contributed by atoms with Crippen LogP contribution in [0.25, 0.3) is 17.0 Å². The second-order valence-corrected chi connectivity index (χ2v) is 9.95. The van der Waals surface area contributed by atoms with E-state index in [9.17, 15) is 97.5 Å². The van der Waals surface area contributed by atoms with E-state index in [4.69, 9.17) is 11.5 Å². The predicted molar refractivity (Wildman–Crippen MR) is 129 cm³/mol. The van der Waals surface area contributed by atoms with E-state index in [0.717, 1.165) is 0 Å². The summed E-state index contributed by atoms with van der Waals surface area (Å²) in [6.07, 6.45) is -18.6. The highest BCUT2D eigenvalue weighted by Gasteiger charge is 2.49. The highest BCUT2D eigenvalue weighted by Crippen LogP contribution is 2.56. The van der Waals surface area contributed by atoms with Gasteiger partial charge in [-0.25, -0.2) is 52.7 Å². The normalized spacial score (nSPS) is 15.6. The molecular formula is C28H4F21N3. The van der Waals surface area contributed by atoms with Crippen molar-refractivity contribution in [3.8, 4) is 6.07 Å². The number of nitrogens with zero attached hydrogens (tertiary/aromatic N) is 1. The van der Waals surface area contributed by atoms with E-state index in [1.165, 1.54) is 0 Å². The lowest BCUT2D eigenvalue weighted by Crippen LogP contribution is -2.18. The Kier molecular flexibility index (Phi) is 9.31. The third-order valence-electron chi connectivity index (χ3n) is 7.02. The molecule has 1 fully saturated rings. The van der Waals surface area contributed by atoms with E-state index in [1.54, 1.807) is 0 Å². The molecule has 3 aromatic carbocycles.